The molecule has 3 fully saturated rings. The summed E-state index contributed by atoms with van der Waals surface area (Å²) in [7, 11) is 0. The summed E-state index contributed by atoms with van der Waals surface area (Å²) in [4.78, 5) is 19.3. The lowest BCUT2D eigenvalue weighted by atomic mass is 9.94. The van der Waals surface area contributed by atoms with Crippen molar-refractivity contribution in [2.45, 2.75) is 25.3 Å². The predicted octanol–water partition coefficient (Wildman–Crippen LogP) is 2.59. The third-order valence-corrected chi connectivity index (χ3v) is 5.02. The molecule has 0 radical (unpaired) electrons. The maximum absolute atomic E-state index is 12.5. The third kappa shape index (κ3) is 3.15. The molecule has 0 aliphatic carbocycles. The van der Waals surface area contributed by atoms with E-state index in [2.05, 4.69) is 15.2 Å². The molecule has 1 N–H and O–H groups in total. The number of amides is 1. The molecule has 5 heteroatoms. The summed E-state index contributed by atoms with van der Waals surface area (Å²) in [5.74, 6) is 0.771. The normalized spacial score (nSPS) is 26.7. The summed E-state index contributed by atoms with van der Waals surface area (Å²) >= 11 is 0. The van der Waals surface area contributed by atoms with Gasteiger partial charge in [-0.05, 0) is 56.5 Å². The number of hydrogen-bond donors (Lipinski definition) is 1. The van der Waals surface area contributed by atoms with E-state index in [4.69, 9.17) is 0 Å². The smallest absolute Gasteiger partial charge is 0.325 e. The molecule has 23 heavy (non-hydrogen) atoms. The van der Waals surface area contributed by atoms with E-state index in [1.807, 2.05) is 36.7 Å². The molecule has 120 valence electrons. The fourth-order valence-corrected chi connectivity index (χ4v) is 3.75. The quantitative estimate of drug-likeness (QED) is 0.927. The second-order valence-electron chi connectivity index (χ2n) is 6.65. The molecule has 0 spiro atoms. The van der Waals surface area contributed by atoms with Gasteiger partial charge in [-0.2, -0.15) is 0 Å². The first kappa shape index (κ1) is 14.5. The van der Waals surface area contributed by atoms with Crippen LogP contribution in [0.25, 0.3) is 11.3 Å². The van der Waals surface area contributed by atoms with Crippen LogP contribution < -0.4 is 5.32 Å². The molecule has 0 aromatic carbocycles. The molecule has 3 aliphatic heterocycles. The number of fused-ring (bicyclic) bond motifs is 4. The van der Waals surface area contributed by atoms with E-state index in [1.165, 1.54) is 25.9 Å². The van der Waals surface area contributed by atoms with Crippen molar-refractivity contribution in [1.82, 2.24) is 19.8 Å². The molecule has 2 aromatic heterocycles. The van der Waals surface area contributed by atoms with Gasteiger partial charge in [-0.3, -0.25) is 9.55 Å². The van der Waals surface area contributed by atoms with Gasteiger partial charge in [0.05, 0.1) is 5.69 Å². The van der Waals surface area contributed by atoms with Gasteiger partial charge in [0.2, 0.25) is 0 Å². The summed E-state index contributed by atoms with van der Waals surface area (Å²) in [5.41, 5.74) is 1.85. The fraction of sp³-hybridized carbons (Fsp3) is 0.444. The Bertz CT molecular complexity index is 659. The Labute approximate surface area is 136 Å². The number of rotatable bonds is 2. The van der Waals surface area contributed by atoms with Crippen molar-refractivity contribution in [3.63, 3.8) is 0 Å². The lowest BCUT2D eigenvalue weighted by molar-refractivity contribution is 0.217. The highest BCUT2D eigenvalue weighted by Crippen LogP contribution is 2.26. The zero-order chi connectivity index (χ0) is 15.6. The number of aromatic nitrogens is 2. The Morgan fingerprint density at radius 2 is 2.09 bits per heavy atom. The van der Waals surface area contributed by atoms with E-state index in [-0.39, 0.29) is 12.1 Å². The first-order valence-electron chi connectivity index (χ1n) is 8.40. The van der Waals surface area contributed by atoms with Gasteiger partial charge in [-0.1, -0.05) is 6.07 Å². The van der Waals surface area contributed by atoms with Crippen LogP contribution in [0.2, 0.25) is 0 Å². The van der Waals surface area contributed by atoms with Gasteiger partial charge in [0.25, 0.3) is 0 Å². The fourth-order valence-electron chi connectivity index (χ4n) is 3.75. The number of pyridine rings is 1. The van der Waals surface area contributed by atoms with Crippen LogP contribution in [0.1, 0.15) is 19.3 Å². The number of carbonyl (C=O) groups excluding carboxylic acids is 1. The maximum Gasteiger partial charge on any atom is 0.325 e. The Balaban J connectivity index is 1.44. The molecule has 5 nitrogen and oxygen atoms in total. The second-order valence-corrected chi connectivity index (χ2v) is 6.65. The van der Waals surface area contributed by atoms with Crippen LogP contribution in [0.4, 0.5) is 4.79 Å². The van der Waals surface area contributed by atoms with Gasteiger partial charge in [-0.15, -0.1) is 0 Å². The van der Waals surface area contributed by atoms with Crippen molar-refractivity contribution in [3.8, 4) is 11.3 Å². The van der Waals surface area contributed by atoms with Gasteiger partial charge in [-0.25, -0.2) is 4.79 Å². The van der Waals surface area contributed by atoms with E-state index in [0.717, 1.165) is 30.1 Å². The molecule has 5 rings (SSSR count). The molecular formula is C18H22N4O. The molecular weight excluding hydrogens is 288 g/mol. The SMILES string of the molecule is O=C(NC1CC2CCN(CC2)C1)n1ccc(-c2ccccn2)c1. The van der Waals surface area contributed by atoms with Gasteiger partial charge in [0, 0.05) is 36.7 Å². The van der Waals surface area contributed by atoms with Crippen molar-refractivity contribution in [1.29, 1.82) is 0 Å². The zero-order valence-electron chi connectivity index (χ0n) is 13.2. The van der Waals surface area contributed by atoms with Gasteiger partial charge in [0.15, 0.2) is 0 Å². The van der Waals surface area contributed by atoms with Gasteiger partial charge in [0.1, 0.15) is 0 Å². The summed E-state index contributed by atoms with van der Waals surface area (Å²) in [6.45, 7) is 3.35. The minimum Gasteiger partial charge on any atom is -0.333 e. The largest absolute Gasteiger partial charge is 0.333 e. The number of nitrogens with zero attached hydrogens (tertiary/aromatic N) is 3. The van der Waals surface area contributed by atoms with E-state index >= 15 is 0 Å². The van der Waals surface area contributed by atoms with E-state index in [0.29, 0.717) is 0 Å². The molecule has 2 aromatic rings. The van der Waals surface area contributed by atoms with Crippen LogP contribution in [0.15, 0.2) is 42.9 Å². The van der Waals surface area contributed by atoms with Gasteiger partial charge >= 0.3 is 6.03 Å². The highest BCUT2D eigenvalue weighted by Gasteiger charge is 2.29. The highest BCUT2D eigenvalue weighted by molar-refractivity contribution is 5.78. The van der Waals surface area contributed by atoms with Crippen LogP contribution in [0.3, 0.4) is 0 Å². The first-order valence-corrected chi connectivity index (χ1v) is 8.40. The van der Waals surface area contributed by atoms with E-state index in [1.54, 1.807) is 10.8 Å². The van der Waals surface area contributed by atoms with Crippen molar-refractivity contribution in [2.75, 3.05) is 19.6 Å². The number of carbonyl (C=O) groups is 1. The number of piperidine rings is 1. The lowest BCUT2D eigenvalue weighted by Gasteiger charge is -2.26. The summed E-state index contributed by atoms with van der Waals surface area (Å²) in [5, 5.41) is 3.20. The Hall–Kier alpha value is -2.14. The molecule has 1 unspecified atom stereocenters. The second kappa shape index (κ2) is 6.16. The number of hydrogen-bond acceptors (Lipinski definition) is 3. The van der Waals surface area contributed by atoms with E-state index in [9.17, 15) is 4.79 Å². The molecule has 1 atom stereocenters. The average Bonchev–Trinajstić information content (AvgIpc) is 2.91. The molecule has 3 saturated heterocycles. The monoisotopic (exact) mass is 310 g/mol. The van der Waals surface area contributed by atoms with Crippen molar-refractivity contribution < 1.29 is 4.79 Å². The van der Waals surface area contributed by atoms with Crippen LogP contribution in [-0.4, -0.2) is 46.2 Å². The van der Waals surface area contributed by atoms with Crippen LogP contribution in [0, 0.1) is 5.92 Å². The zero-order valence-corrected chi connectivity index (χ0v) is 13.2. The van der Waals surface area contributed by atoms with Crippen LogP contribution >= 0.6 is 0 Å². The maximum atomic E-state index is 12.5. The molecule has 1 amide bonds. The summed E-state index contributed by atoms with van der Waals surface area (Å²) < 4.78 is 1.63. The molecule has 5 heterocycles. The average molecular weight is 310 g/mol. The Morgan fingerprint density at radius 3 is 2.87 bits per heavy atom. The Morgan fingerprint density at radius 1 is 1.22 bits per heavy atom. The van der Waals surface area contributed by atoms with Gasteiger partial charge < -0.3 is 10.2 Å². The van der Waals surface area contributed by atoms with Crippen LogP contribution in [-0.2, 0) is 0 Å². The summed E-state index contributed by atoms with van der Waals surface area (Å²) in [6.07, 6.45) is 9.09. The molecule has 3 aliphatic rings. The summed E-state index contributed by atoms with van der Waals surface area (Å²) in [6, 6.07) is 7.95. The third-order valence-electron chi connectivity index (χ3n) is 5.02. The standard InChI is InChI=1S/C18H22N4O/c23-18(20-16-11-14-4-8-21(13-16)9-5-14)22-10-6-15(12-22)17-3-1-2-7-19-17/h1-3,6-7,10,12,14,16H,4-5,8-9,11,13H2,(H,20,23). The first-order chi connectivity index (χ1) is 11.3. The van der Waals surface area contributed by atoms with Crippen molar-refractivity contribution in [2.24, 2.45) is 5.92 Å². The lowest BCUT2D eigenvalue weighted by Crippen LogP contribution is -2.43. The minimum absolute atomic E-state index is 0.0420. The topological polar surface area (TPSA) is 50.2 Å². The minimum atomic E-state index is -0.0420. The molecule has 2 bridgehead atoms. The van der Waals surface area contributed by atoms with Crippen molar-refractivity contribution in [3.05, 3.63) is 42.9 Å². The Kier molecular flexibility index (Phi) is 3.87. The number of nitrogens with one attached hydrogen (secondary N) is 1. The van der Waals surface area contributed by atoms with Crippen LogP contribution in [0.5, 0.6) is 0 Å². The highest BCUT2D eigenvalue weighted by atomic mass is 16.2. The van der Waals surface area contributed by atoms with E-state index < -0.39 is 0 Å². The predicted molar refractivity (Wildman–Crippen MR) is 89.2 cm³/mol. The van der Waals surface area contributed by atoms with Crippen molar-refractivity contribution >= 4 is 6.03 Å². The molecule has 0 saturated carbocycles.